The fourth-order valence-corrected chi connectivity index (χ4v) is 4.72. The number of Topliss-reactive ketones (excluding diaryl/α,β-unsaturated/α-hetero) is 1. The van der Waals surface area contributed by atoms with E-state index in [0.717, 1.165) is 0 Å². The first-order chi connectivity index (χ1) is 15.8. The fraction of sp³-hybridized carbons (Fsp3) is 0.455. The Balaban J connectivity index is 1.65. The number of carboxylic acids is 1. The number of fused-ring (bicyclic) bond motifs is 1. The number of carbonyl (C=O) groups excluding carboxylic acids is 5. The van der Waals surface area contributed by atoms with Gasteiger partial charge in [0.2, 0.25) is 11.8 Å². The molecule has 2 unspecified atom stereocenters. The molecule has 4 amide bonds. The number of carboxylic acid groups (broad SMARTS) is 1. The van der Waals surface area contributed by atoms with Crippen LogP contribution in [0, 0.1) is 0 Å². The first kappa shape index (κ1) is 22.7. The van der Waals surface area contributed by atoms with E-state index in [1.165, 1.54) is 12.1 Å². The molecule has 1 aromatic carbocycles. The molecule has 4 rings (SSSR count). The summed E-state index contributed by atoms with van der Waals surface area (Å²) in [4.78, 5) is 75.7. The Morgan fingerprint density at radius 1 is 1.06 bits per heavy atom. The van der Waals surface area contributed by atoms with Gasteiger partial charge < -0.3 is 10.4 Å². The molecule has 2 fully saturated rings. The minimum atomic E-state index is -1.02. The topological polar surface area (TPSA) is 162 Å². The molecule has 33 heavy (non-hydrogen) atoms. The normalized spacial score (nSPS) is 21.9. The molecule has 2 saturated heterocycles. The third-order valence-electron chi connectivity index (χ3n) is 6.35. The average molecular weight is 456 g/mol. The van der Waals surface area contributed by atoms with Crippen molar-refractivity contribution in [1.29, 1.82) is 0 Å². The van der Waals surface area contributed by atoms with Gasteiger partial charge in [-0.2, -0.15) is 0 Å². The number of amides is 4. The summed E-state index contributed by atoms with van der Waals surface area (Å²) < 4.78 is 0. The van der Waals surface area contributed by atoms with E-state index in [0.29, 0.717) is 26.2 Å². The van der Waals surface area contributed by atoms with Crippen molar-refractivity contribution in [3.63, 3.8) is 0 Å². The zero-order valence-corrected chi connectivity index (χ0v) is 17.8. The van der Waals surface area contributed by atoms with Gasteiger partial charge in [-0.05, 0) is 24.5 Å². The monoisotopic (exact) mass is 456 g/mol. The predicted octanol–water partition coefficient (Wildman–Crippen LogP) is -0.588. The summed E-state index contributed by atoms with van der Waals surface area (Å²) in [6.45, 7) is 2.41. The summed E-state index contributed by atoms with van der Waals surface area (Å²) >= 11 is 0. The number of ketones is 1. The van der Waals surface area contributed by atoms with Crippen molar-refractivity contribution >= 4 is 35.4 Å². The third kappa shape index (κ3) is 4.41. The number of nitrogens with one attached hydrogen (secondary N) is 3. The molecule has 174 valence electrons. The summed E-state index contributed by atoms with van der Waals surface area (Å²) in [7, 11) is 0. The highest BCUT2D eigenvalue weighted by Gasteiger charge is 2.39. The van der Waals surface area contributed by atoms with Crippen molar-refractivity contribution in [2.45, 2.75) is 37.6 Å². The molecule has 0 radical (unpaired) electrons. The minimum absolute atomic E-state index is 0.0303. The number of nitrogens with zero attached hydrogens (tertiary/aromatic N) is 1. The van der Waals surface area contributed by atoms with Crippen molar-refractivity contribution in [2.24, 2.45) is 0 Å². The molecule has 1 aromatic rings. The van der Waals surface area contributed by atoms with Gasteiger partial charge in [-0.25, -0.2) is 0 Å². The van der Waals surface area contributed by atoms with E-state index in [1.54, 1.807) is 0 Å². The number of piperidine rings is 1. The van der Waals surface area contributed by atoms with Crippen molar-refractivity contribution in [1.82, 2.24) is 20.9 Å². The van der Waals surface area contributed by atoms with Crippen molar-refractivity contribution in [3.8, 4) is 0 Å². The van der Waals surface area contributed by atoms with Gasteiger partial charge in [-0.3, -0.25) is 44.3 Å². The Morgan fingerprint density at radius 3 is 2.45 bits per heavy atom. The third-order valence-corrected chi connectivity index (χ3v) is 6.35. The maximum absolute atomic E-state index is 13.2. The quantitative estimate of drug-likeness (QED) is 0.310. The molecule has 3 aliphatic rings. The second-order valence-corrected chi connectivity index (χ2v) is 8.34. The number of hydrogen-bond donors (Lipinski definition) is 4. The molecule has 4 N–H and O–H groups in total. The summed E-state index contributed by atoms with van der Waals surface area (Å²) in [5.41, 5.74) is 0.259. The van der Waals surface area contributed by atoms with E-state index >= 15 is 0 Å². The lowest BCUT2D eigenvalue weighted by atomic mass is 9.81. The fourth-order valence-electron chi connectivity index (χ4n) is 4.72. The number of imide groups is 2. The molecular weight excluding hydrogens is 432 g/mol. The van der Waals surface area contributed by atoms with Crippen LogP contribution in [0.4, 0.5) is 0 Å². The minimum Gasteiger partial charge on any atom is -0.480 e. The van der Waals surface area contributed by atoms with Gasteiger partial charge in [0.25, 0.3) is 11.8 Å². The van der Waals surface area contributed by atoms with Gasteiger partial charge in [0.15, 0.2) is 5.78 Å². The Morgan fingerprint density at radius 2 is 1.79 bits per heavy atom. The lowest BCUT2D eigenvalue weighted by molar-refractivity contribution is -0.143. The number of hydrogen-bond acceptors (Lipinski definition) is 8. The van der Waals surface area contributed by atoms with E-state index in [-0.39, 0.29) is 47.9 Å². The number of rotatable bonds is 7. The summed E-state index contributed by atoms with van der Waals surface area (Å²) in [6.07, 6.45) is 0.0788. The van der Waals surface area contributed by atoms with E-state index in [4.69, 9.17) is 0 Å². The van der Waals surface area contributed by atoms with E-state index in [2.05, 4.69) is 16.0 Å². The molecule has 0 aromatic heterocycles. The van der Waals surface area contributed by atoms with Crippen molar-refractivity contribution in [2.75, 3.05) is 26.2 Å². The molecule has 0 spiro atoms. The van der Waals surface area contributed by atoms with E-state index in [9.17, 15) is 33.9 Å². The van der Waals surface area contributed by atoms with E-state index < -0.39 is 47.3 Å². The highest BCUT2D eigenvalue weighted by Crippen LogP contribution is 2.35. The summed E-state index contributed by atoms with van der Waals surface area (Å²) in [5.74, 6) is -4.79. The molecule has 3 aliphatic heterocycles. The Kier molecular flexibility index (Phi) is 6.34. The maximum atomic E-state index is 13.2. The number of aliphatic carboxylic acids is 1. The number of benzene rings is 1. The van der Waals surface area contributed by atoms with Gasteiger partial charge in [-0.15, -0.1) is 0 Å². The van der Waals surface area contributed by atoms with Crippen LogP contribution in [-0.4, -0.2) is 77.6 Å². The summed E-state index contributed by atoms with van der Waals surface area (Å²) in [6, 6.07) is 1.93. The second-order valence-electron chi connectivity index (χ2n) is 8.34. The van der Waals surface area contributed by atoms with Crippen LogP contribution in [0.3, 0.4) is 0 Å². The van der Waals surface area contributed by atoms with E-state index in [1.807, 2.05) is 4.90 Å². The Bertz CT molecular complexity index is 1060. The van der Waals surface area contributed by atoms with Crippen LogP contribution >= 0.6 is 0 Å². The molecule has 0 aliphatic carbocycles. The molecule has 3 heterocycles. The van der Waals surface area contributed by atoms with Crippen LogP contribution in [-0.2, 0) is 14.4 Å². The smallest absolute Gasteiger partial charge is 0.320 e. The van der Waals surface area contributed by atoms with Crippen LogP contribution in [0.25, 0.3) is 0 Å². The zero-order chi connectivity index (χ0) is 23.7. The summed E-state index contributed by atoms with van der Waals surface area (Å²) in [5, 5.41) is 17.2. The molecule has 0 saturated carbocycles. The standard InChI is InChI=1S/C22H24N4O7/c27-15(5-4-14(22(32)33)26-9-7-23-8-10-26)11-1-2-13-18(21(31)25-20(13)30)17(11)12-3-6-16(28)24-19(12)29/h1-2,12,14,23H,3-10H2,(H,32,33)(H,24,28,29)(H,25,30,31). The molecule has 11 nitrogen and oxygen atoms in total. The molecule has 11 heteroatoms. The molecule has 0 bridgehead atoms. The van der Waals surface area contributed by atoms with Gasteiger partial charge in [0.05, 0.1) is 17.0 Å². The number of piperazine rings is 1. The lowest BCUT2D eigenvalue weighted by Gasteiger charge is -2.32. The molecular formula is C22H24N4O7. The van der Waals surface area contributed by atoms with Crippen LogP contribution in [0.1, 0.15) is 68.2 Å². The van der Waals surface area contributed by atoms with Crippen molar-refractivity contribution < 1.29 is 33.9 Å². The highest BCUT2D eigenvalue weighted by molar-refractivity contribution is 6.24. The Labute approximate surface area is 188 Å². The van der Waals surface area contributed by atoms with Gasteiger partial charge >= 0.3 is 5.97 Å². The first-order valence-corrected chi connectivity index (χ1v) is 10.8. The Hall–Kier alpha value is -3.44. The average Bonchev–Trinajstić information content (AvgIpc) is 3.07. The zero-order valence-electron chi connectivity index (χ0n) is 17.8. The molecule has 2 atom stereocenters. The van der Waals surface area contributed by atoms with Crippen LogP contribution in [0.5, 0.6) is 0 Å². The SMILES string of the molecule is O=C1CCC(c2c(C(=O)CCC(C(=O)O)N3CCNCC3)ccc3c2C(=O)NC3=O)C(=O)N1. The van der Waals surface area contributed by atoms with Gasteiger partial charge in [-0.1, -0.05) is 6.07 Å². The number of carbonyl (C=O) groups is 6. The van der Waals surface area contributed by atoms with Crippen LogP contribution in [0.15, 0.2) is 12.1 Å². The highest BCUT2D eigenvalue weighted by atomic mass is 16.4. The van der Waals surface area contributed by atoms with Crippen molar-refractivity contribution in [3.05, 3.63) is 34.4 Å². The van der Waals surface area contributed by atoms with Gasteiger partial charge in [0, 0.05) is 44.6 Å². The first-order valence-electron chi connectivity index (χ1n) is 10.8. The lowest BCUT2D eigenvalue weighted by Crippen LogP contribution is -2.51. The largest absolute Gasteiger partial charge is 0.480 e. The predicted molar refractivity (Wildman–Crippen MR) is 113 cm³/mol. The van der Waals surface area contributed by atoms with Crippen LogP contribution < -0.4 is 16.0 Å². The van der Waals surface area contributed by atoms with Gasteiger partial charge in [0.1, 0.15) is 6.04 Å². The second kappa shape index (κ2) is 9.20. The maximum Gasteiger partial charge on any atom is 0.320 e. The van der Waals surface area contributed by atoms with Crippen LogP contribution in [0.2, 0.25) is 0 Å².